The summed E-state index contributed by atoms with van der Waals surface area (Å²) in [7, 11) is 1.56. The van der Waals surface area contributed by atoms with Crippen LogP contribution in [-0.2, 0) is 23.7 Å². The Kier molecular flexibility index (Phi) is 9.89. The molecule has 0 aromatic rings. The van der Waals surface area contributed by atoms with E-state index in [-0.39, 0.29) is 24.4 Å². The van der Waals surface area contributed by atoms with Crippen LogP contribution in [0.1, 0.15) is 45.4 Å². The molecule has 0 aliphatic carbocycles. The number of fused-ring (bicyclic) bond motifs is 3. The van der Waals surface area contributed by atoms with Gasteiger partial charge in [0, 0.05) is 19.6 Å². The Morgan fingerprint density at radius 2 is 2.06 bits per heavy atom. The van der Waals surface area contributed by atoms with E-state index < -0.39 is 24.3 Å². The Bertz CT molecular complexity index is 743. The standard InChI is InChI=1S/C26H38O7/c1-17-13-18(2)15-22(28)26-24(33-26)16-23(21(27)10-6-12-30-3)32-25(29)11-5-8-19-7-4-9-20(14-17)31-19/h4-7,10-11,17,19-24,26-28H,2,8-9,12-16H2,1,3H3/b10-6+,11-5-/t17?,19?,20-,21?,22-,23?,24-,26?/m0/s1. The lowest BCUT2D eigenvalue weighted by molar-refractivity contribution is -0.148. The van der Waals surface area contributed by atoms with Crippen LogP contribution in [0.5, 0.6) is 0 Å². The highest BCUT2D eigenvalue weighted by Gasteiger charge is 2.46. The van der Waals surface area contributed by atoms with Crippen LogP contribution in [0, 0.1) is 5.92 Å². The maximum Gasteiger partial charge on any atom is 0.330 e. The van der Waals surface area contributed by atoms with Gasteiger partial charge in [-0.25, -0.2) is 4.79 Å². The fourth-order valence-corrected chi connectivity index (χ4v) is 4.61. The molecule has 3 aliphatic heterocycles. The molecule has 7 heteroatoms. The largest absolute Gasteiger partial charge is 0.456 e. The second kappa shape index (κ2) is 12.6. The highest BCUT2D eigenvalue weighted by molar-refractivity contribution is 5.82. The molecule has 2 N–H and O–H groups in total. The van der Waals surface area contributed by atoms with E-state index in [1.807, 2.05) is 6.08 Å². The molecule has 3 rings (SSSR count). The molecule has 33 heavy (non-hydrogen) atoms. The highest BCUT2D eigenvalue weighted by Crippen LogP contribution is 2.34. The van der Waals surface area contributed by atoms with Gasteiger partial charge in [0.2, 0.25) is 0 Å². The monoisotopic (exact) mass is 462 g/mol. The molecule has 2 bridgehead atoms. The van der Waals surface area contributed by atoms with E-state index in [0.717, 1.165) is 24.8 Å². The van der Waals surface area contributed by atoms with Gasteiger partial charge in [-0.15, -0.1) is 0 Å². The lowest BCUT2D eigenvalue weighted by atomic mass is 9.91. The Morgan fingerprint density at radius 3 is 2.85 bits per heavy atom. The van der Waals surface area contributed by atoms with Crippen LogP contribution < -0.4 is 0 Å². The first kappa shape index (κ1) is 25.8. The number of rotatable bonds is 4. The van der Waals surface area contributed by atoms with Crippen LogP contribution in [0.25, 0.3) is 0 Å². The van der Waals surface area contributed by atoms with Crippen molar-refractivity contribution < 1.29 is 34.0 Å². The molecule has 0 spiro atoms. The van der Waals surface area contributed by atoms with Crippen molar-refractivity contribution in [1.29, 1.82) is 0 Å². The first-order valence-electron chi connectivity index (χ1n) is 11.9. The van der Waals surface area contributed by atoms with Gasteiger partial charge in [0.15, 0.2) is 0 Å². The van der Waals surface area contributed by atoms with Crippen LogP contribution in [-0.4, -0.2) is 72.6 Å². The van der Waals surface area contributed by atoms with Gasteiger partial charge in [0.05, 0.1) is 31.0 Å². The van der Waals surface area contributed by atoms with Crippen molar-refractivity contribution in [3.05, 3.63) is 48.6 Å². The van der Waals surface area contributed by atoms with Gasteiger partial charge in [-0.05, 0) is 38.0 Å². The normalized spacial score (nSPS) is 38.1. The number of hydrogen-bond donors (Lipinski definition) is 2. The molecular weight excluding hydrogens is 424 g/mol. The quantitative estimate of drug-likeness (QED) is 0.376. The average molecular weight is 463 g/mol. The fourth-order valence-electron chi connectivity index (χ4n) is 4.61. The third-order valence-electron chi connectivity index (χ3n) is 6.25. The summed E-state index contributed by atoms with van der Waals surface area (Å²) in [6, 6.07) is 0. The van der Waals surface area contributed by atoms with Crippen molar-refractivity contribution in [2.24, 2.45) is 5.92 Å². The van der Waals surface area contributed by atoms with E-state index in [9.17, 15) is 15.0 Å². The number of hydrogen-bond acceptors (Lipinski definition) is 7. The van der Waals surface area contributed by atoms with Crippen molar-refractivity contribution in [3.63, 3.8) is 0 Å². The smallest absolute Gasteiger partial charge is 0.330 e. The first-order valence-corrected chi connectivity index (χ1v) is 11.9. The predicted molar refractivity (Wildman–Crippen MR) is 125 cm³/mol. The number of carbonyl (C=O) groups is 1. The number of epoxide rings is 1. The summed E-state index contributed by atoms with van der Waals surface area (Å²) in [5.41, 5.74) is 0.988. The van der Waals surface area contributed by atoms with E-state index in [0.29, 0.717) is 31.8 Å². The molecule has 0 amide bonds. The Morgan fingerprint density at radius 1 is 1.24 bits per heavy atom. The van der Waals surface area contributed by atoms with Crippen LogP contribution in [0.2, 0.25) is 0 Å². The van der Waals surface area contributed by atoms with Crippen LogP contribution in [0.4, 0.5) is 0 Å². The summed E-state index contributed by atoms with van der Waals surface area (Å²) >= 11 is 0. The Balaban J connectivity index is 1.71. The molecule has 7 nitrogen and oxygen atoms in total. The second-order valence-electron chi connectivity index (χ2n) is 9.39. The Labute approximate surface area is 196 Å². The third kappa shape index (κ3) is 8.50. The summed E-state index contributed by atoms with van der Waals surface area (Å²) in [5.74, 6) is -0.142. The summed E-state index contributed by atoms with van der Waals surface area (Å²) in [5, 5.41) is 21.2. The van der Waals surface area contributed by atoms with Gasteiger partial charge in [0.1, 0.15) is 18.3 Å². The van der Waals surface area contributed by atoms with E-state index in [2.05, 4.69) is 19.6 Å². The van der Waals surface area contributed by atoms with Gasteiger partial charge < -0.3 is 29.2 Å². The van der Waals surface area contributed by atoms with E-state index in [4.69, 9.17) is 18.9 Å². The van der Waals surface area contributed by atoms with Crippen molar-refractivity contribution in [3.8, 4) is 0 Å². The van der Waals surface area contributed by atoms with Crippen LogP contribution in [0.15, 0.2) is 48.6 Å². The molecule has 3 heterocycles. The summed E-state index contributed by atoms with van der Waals surface area (Å²) in [6.07, 6.45) is 11.4. The van der Waals surface area contributed by atoms with Crippen LogP contribution >= 0.6 is 0 Å². The number of carbonyl (C=O) groups excluding carboxylic acids is 1. The summed E-state index contributed by atoms with van der Waals surface area (Å²) in [6.45, 7) is 6.69. The van der Waals surface area contributed by atoms with Crippen molar-refractivity contribution in [2.45, 2.75) is 88.2 Å². The highest BCUT2D eigenvalue weighted by atomic mass is 16.6. The van der Waals surface area contributed by atoms with Crippen molar-refractivity contribution in [1.82, 2.24) is 0 Å². The maximum atomic E-state index is 12.4. The molecule has 0 aromatic carbocycles. The number of aliphatic hydroxyl groups excluding tert-OH is 2. The van der Waals surface area contributed by atoms with Crippen LogP contribution in [0.3, 0.4) is 0 Å². The predicted octanol–water partition coefficient (Wildman–Crippen LogP) is 3.02. The van der Waals surface area contributed by atoms with Gasteiger partial charge in [-0.2, -0.15) is 0 Å². The van der Waals surface area contributed by atoms with Gasteiger partial charge in [-0.3, -0.25) is 0 Å². The average Bonchev–Trinajstić information content (AvgIpc) is 3.52. The molecule has 1 saturated heterocycles. The first-order chi connectivity index (χ1) is 15.9. The molecule has 1 fully saturated rings. The fraction of sp³-hybridized carbons (Fsp3) is 0.654. The van der Waals surface area contributed by atoms with Gasteiger partial charge >= 0.3 is 5.97 Å². The molecule has 5 unspecified atom stereocenters. The van der Waals surface area contributed by atoms with Crippen molar-refractivity contribution >= 4 is 5.97 Å². The molecule has 0 aromatic heterocycles. The van der Waals surface area contributed by atoms with Gasteiger partial charge in [0.25, 0.3) is 0 Å². The minimum Gasteiger partial charge on any atom is -0.456 e. The molecule has 0 radical (unpaired) electrons. The minimum absolute atomic E-state index is 0.0807. The zero-order valence-electron chi connectivity index (χ0n) is 19.7. The molecule has 8 atom stereocenters. The number of methoxy groups -OCH3 is 1. The van der Waals surface area contributed by atoms with Gasteiger partial charge in [-0.1, -0.05) is 49.5 Å². The molecule has 0 saturated carbocycles. The lowest BCUT2D eigenvalue weighted by Gasteiger charge is -2.28. The SMILES string of the molecule is C=C1CC(C)C[C@@H]2CC=CC(C/C=C\C(=O)OC(C(O)/C=C/COC)C[C@@H]3OC3[C@@H](O)C1)O2. The number of ether oxygens (including phenoxy) is 4. The Hall–Kier alpha value is -1.77. The lowest BCUT2D eigenvalue weighted by Crippen LogP contribution is -2.32. The van der Waals surface area contributed by atoms with E-state index in [1.54, 1.807) is 25.3 Å². The zero-order chi connectivity index (χ0) is 23.8. The number of aliphatic hydroxyl groups is 2. The van der Waals surface area contributed by atoms with E-state index in [1.165, 1.54) is 6.08 Å². The van der Waals surface area contributed by atoms with E-state index >= 15 is 0 Å². The topological polar surface area (TPSA) is 97.8 Å². The summed E-state index contributed by atoms with van der Waals surface area (Å²) in [4.78, 5) is 12.4. The minimum atomic E-state index is -1.01. The molecule has 3 aliphatic rings. The maximum absolute atomic E-state index is 12.4. The molecular formula is C26H38O7. The zero-order valence-corrected chi connectivity index (χ0v) is 19.7. The summed E-state index contributed by atoms with van der Waals surface area (Å²) < 4.78 is 22.4. The number of esters is 1. The number of cyclic esters (lactones) is 1. The molecule has 184 valence electrons. The third-order valence-corrected chi connectivity index (χ3v) is 6.25. The van der Waals surface area contributed by atoms with Crippen molar-refractivity contribution in [2.75, 3.05) is 13.7 Å². The second-order valence-corrected chi connectivity index (χ2v) is 9.39.